The van der Waals surface area contributed by atoms with Crippen molar-refractivity contribution in [3.63, 3.8) is 0 Å². The van der Waals surface area contributed by atoms with Crippen LogP contribution in [0.25, 0.3) is 0 Å². The highest BCUT2D eigenvalue weighted by Gasteiger charge is 2.36. The third-order valence-corrected chi connectivity index (χ3v) is 3.29. The van der Waals surface area contributed by atoms with Gasteiger partial charge in [0.15, 0.2) is 6.23 Å². The molecular formula is C11H17N3O5. The fourth-order valence-electron chi connectivity index (χ4n) is 2.15. The van der Waals surface area contributed by atoms with Crippen molar-refractivity contribution < 1.29 is 15.1 Å². The lowest BCUT2D eigenvalue weighted by Crippen LogP contribution is -2.37. The molecule has 0 bridgehead atoms. The van der Waals surface area contributed by atoms with Gasteiger partial charge in [-0.2, -0.15) is 5.06 Å². The molecule has 1 aromatic heterocycles. The van der Waals surface area contributed by atoms with Gasteiger partial charge in [-0.3, -0.25) is 19.2 Å². The molecule has 0 unspecified atom stereocenters. The molecular weight excluding hydrogens is 254 g/mol. The van der Waals surface area contributed by atoms with Crippen molar-refractivity contribution in [3.05, 3.63) is 32.6 Å². The second kappa shape index (κ2) is 5.25. The van der Waals surface area contributed by atoms with Crippen LogP contribution in [0.1, 0.15) is 18.2 Å². The van der Waals surface area contributed by atoms with E-state index in [1.54, 1.807) is 14.0 Å². The number of hydrogen-bond donors (Lipinski definition) is 3. The van der Waals surface area contributed by atoms with Gasteiger partial charge < -0.3 is 10.2 Å². The van der Waals surface area contributed by atoms with Crippen LogP contribution < -0.4 is 11.2 Å². The van der Waals surface area contributed by atoms with Gasteiger partial charge in [-0.1, -0.05) is 0 Å². The van der Waals surface area contributed by atoms with Gasteiger partial charge in [0, 0.05) is 25.2 Å². The summed E-state index contributed by atoms with van der Waals surface area (Å²) in [6, 6.07) is -0.408. The lowest BCUT2D eigenvalue weighted by molar-refractivity contribution is -0.179. The molecule has 2 heterocycles. The molecule has 0 aromatic carbocycles. The Bertz CT molecular complexity index is 566. The first kappa shape index (κ1) is 13.9. The predicted octanol–water partition coefficient (Wildman–Crippen LogP) is -1.67. The predicted molar refractivity (Wildman–Crippen MR) is 65.4 cm³/mol. The van der Waals surface area contributed by atoms with E-state index in [9.17, 15) is 14.7 Å². The molecule has 3 atom stereocenters. The molecule has 2 rings (SSSR count). The van der Waals surface area contributed by atoms with E-state index in [0.29, 0.717) is 12.0 Å². The molecule has 8 nitrogen and oxygen atoms in total. The lowest BCUT2D eigenvalue weighted by Gasteiger charge is -2.20. The Kier molecular flexibility index (Phi) is 3.85. The second-order valence-corrected chi connectivity index (χ2v) is 4.64. The lowest BCUT2D eigenvalue weighted by atomic mass is 10.1. The van der Waals surface area contributed by atoms with Crippen LogP contribution in [-0.4, -0.2) is 50.6 Å². The zero-order valence-electron chi connectivity index (χ0n) is 10.7. The van der Waals surface area contributed by atoms with Gasteiger partial charge in [-0.15, -0.1) is 0 Å². The maximum Gasteiger partial charge on any atom is 0.330 e. The molecule has 0 aliphatic carbocycles. The molecule has 1 aromatic rings. The van der Waals surface area contributed by atoms with Crippen LogP contribution in [0.15, 0.2) is 15.8 Å². The molecule has 0 saturated carbocycles. The van der Waals surface area contributed by atoms with Gasteiger partial charge in [0.2, 0.25) is 0 Å². The fraction of sp³-hybridized carbons (Fsp3) is 0.636. The first-order valence-electron chi connectivity index (χ1n) is 5.94. The molecule has 3 N–H and O–H groups in total. The summed E-state index contributed by atoms with van der Waals surface area (Å²) >= 11 is 0. The van der Waals surface area contributed by atoms with E-state index in [1.807, 2.05) is 0 Å². The maximum atomic E-state index is 11.7. The van der Waals surface area contributed by atoms with Crippen LogP contribution in [0.5, 0.6) is 0 Å². The summed E-state index contributed by atoms with van der Waals surface area (Å²) < 4.78 is 1.28. The Balaban J connectivity index is 2.28. The van der Waals surface area contributed by atoms with Gasteiger partial charge in [0.1, 0.15) is 0 Å². The van der Waals surface area contributed by atoms with Gasteiger partial charge >= 0.3 is 5.69 Å². The van der Waals surface area contributed by atoms with E-state index < -0.39 is 29.6 Å². The summed E-state index contributed by atoms with van der Waals surface area (Å²) in [7, 11) is 1.62. The van der Waals surface area contributed by atoms with Crippen molar-refractivity contribution in [2.75, 3.05) is 13.7 Å². The van der Waals surface area contributed by atoms with E-state index in [-0.39, 0.29) is 6.61 Å². The zero-order valence-corrected chi connectivity index (χ0v) is 10.7. The number of aromatic nitrogens is 2. The summed E-state index contributed by atoms with van der Waals surface area (Å²) in [6.45, 7) is 1.21. The quantitative estimate of drug-likeness (QED) is 0.607. The molecule has 1 saturated heterocycles. The van der Waals surface area contributed by atoms with Crippen molar-refractivity contribution in [2.24, 2.45) is 0 Å². The van der Waals surface area contributed by atoms with Crippen molar-refractivity contribution >= 4 is 0 Å². The number of nitrogens with one attached hydrogen (secondary N) is 1. The van der Waals surface area contributed by atoms with Gasteiger partial charge in [0.25, 0.3) is 5.56 Å². The fourth-order valence-corrected chi connectivity index (χ4v) is 2.15. The Labute approximate surface area is 108 Å². The van der Waals surface area contributed by atoms with Crippen molar-refractivity contribution in [1.29, 1.82) is 0 Å². The highest BCUT2D eigenvalue weighted by Crippen LogP contribution is 2.28. The van der Waals surface area contributed by atoms with Crippen LogP contribution in [-0.2, 0) is 4.84 Å². The normalized spacial score (nSPS) is 25.7. The number of likely N-dealkylation sites (N-methyl/N-ethyl adjacent to an activating group) is 1. The third-order valence-electron chi connectivity index (χ3n) is 3.29. The topological polar surface area (TPSA) is 108 Å². The number of hydroxylamine groups is 2. The molecule has 0 radical (unpaired) electrons. The maximum absolute atomic E-state index is 11.7. The smallest absolute Gasteiger partial charge is 0.330 e. The van der Waals surface area contributed by atoms with Crippen LogP contribution in [0.3, 0.4) is 0 Å². The van der Waals surface area contributed by atoms with E-state index in [0.717, 1.165) is 0 Å². The Morgan fingerprint density at radius 3 is 2.89 bits per heavy atom. The zero-order chi connectivity index (χ0) is 14.2. The summed E-state index contributed by atoms with van der Waals surface area (Å²) in [5, 5.41) is 20.0. The van der Waals surface area contributed by atoms with Crippen molar-refractivity contribution in [2.45, 2.75) is 31.7 Å². The number of nitrogens with zero attached hydrogens (tertiary/aromatic N) is 2. The van der Waals surface area contributed by atoms with Crippen molar-refractivity contribution in [1.82, 2.24) is 14.6 Å². The van der Waals surface area contributed by atoms with Crippen LogP contribution in [0.2, 0.25) is 0 Å². The molecule has 0 spiro atoms. The number of hydrogen-bond acceptors (Lipinski definition) is 6. The highest BCUT2D eigenvalue weighted by atomic mass is 16.7. The summed E-state index contributed by atoms with van der Waals surface area (Å²) in [6.07, 6.45) is 0.200. The number of aryl methyl sites for hydroxylation is 1. The number of rotatable bonds is 3. The Morgan fingerprint density at radius 1 is 1.58 bits per heavy atom. The third kappa shape index (κ3) is 2.61. The molecule has 1 fully saturated rings. The number of aromatic amines is 1. The molecule has 106 valence electrons. The van der Waals surface area contributed by atoms with E-state index >= 15 is 0 Å². The summed E-state index contributed by atoms with van der Waals surface area (Å²) in [5.74, 6) is 0. The van der Waals surface area contributed by atoms with E-state index in [4.69, 9.17) is 9.94 Å². The minimum Gasteiger partial charge on any atom is -0.394 e. The summed E-state index contributed by atoms with van der Waals surface area (Å²) in [5.41, 5.74) is -0.593. The van der Waals surface area contributed by atoms with Crippen molar-refractivity contribution in [3.8, 4) is 0 Å². The van der Waals surface area contributed by atoms with Crippen LogP contribution in [0.4, 0.5) is 0 Å². The number of H-pyrrole nitrogens is 1. The molecule has 1 aliphatic heterocycles. The standard InChI is InChI=1S/C11H17N3O5/c1-6-4-14(11(18)12-10(6)17)9-3-7(8(16)5-15)13(2)19-9/h4,7-9,15-16H,3,5H2,1-2H3,(H,12,17,18)/t7-,8-,9+/m1/s1. The SMILES string of the molecule is Cc1cn([C@@H]2C[C@H]([C@H](O)CO)N(C)O2)c(=O)[nH]c1=O. The van der Waals surface area contributed by atoms with E-state index in [1.165, 1.54) is 15.8 Å². The summed E-state index contributed by atoms with van der Waals surface area (Å²) in [4.78, 5) is 30.7. The minimum absolute atomic E-state index is 0.337. The largest absolute Gasteiger partial charge is 0.394 e. The van der Waals surface area contributed by atoms with Crippen LogP contribution >= 0.6 is 0 Å². The average molecular weight is 271 g/mol. The molecule has 8 heteroatoms. The first-order valence-corrected chi connectivity index (χ1v) is 5.94. The highest BCUT2D eigenvalue weighted by molar-refractivity contribution is 5.01. The second-order valence-electron chi connectivity index (χ2n) is 4.64. The minimum atomic E-state index is -0.949. The average Bonchev–Trinajstić information content (AvgIpc) is 2.75. The van der Waals surface area contributed by atoms with E-state index in [2.05, 4.69) is 4.98 Å². The Morgan fingerprint density at radius 2 is 2.26 bits per heavy atom. The van der Waals surface area contributed by atoms with Gasteiger partial charge in [-0.05, 0) is 6.92 Å². The number of aliphatic hydroxyl groups is 2. The Hall–Kier alpha value is -1.48. The van der Waals surface area contributed by atoms with Crippen LogP contribution in [0, 0.1) is 6.92 Å². The molecule has 1 aliphatic rings. The molecule has 0 amide bonds. The van der Waals surface area contributed by atoms with Gasteiger partial charge in [-0.25, -0.2) is 4.79 Å². The first-order chi connectivity index (χ1) is 8.93. The molecule has 19 heavy (non-hydrogen) atoms. The number of aliphatic hydroxyl groups excluding tert-OH is 2. The van der Waals surface area contributed by atoms with Gasteiger partial charge in [0.05, 0.1) is 18.8 Å². The monoisotopic (exact) mass is 271 g/mol.